The minimum atomic E-state index is -0.858. The van der Waals surface area contributed by atoms with Crippen LogP contribution in [0.3, 0.4) is 0 Å². The van der Waals surface area contributed by atoms with Crippen molar-refractivity contribution < 1.29 is 15.0 Å². The van der Waals surface area contributed by atoms with Crippen molar-refractivity contribution in [2.45, 2.75) is 31.8 Å². The van der Waals surface area contributed by atoms with Crippen LogP contribution >= 0.6 is 0 Å². The number of nitrogens with one attached hydrogen (secondary N) is 1. The van der Waals surface area contributed by atoms with Crippen molar-refractivity contribution >= 4 is 5.91 Å². The fourth-order valence-electron chi connectivity index (χ4n) is 0.991. The van der Waals surface area contributed by atoms with E-state index in [1.54, 1.807) is 0 Å². The van der Waals surface area contributed by atoms with Crippen molar-refractivity contribution in [3.8, 4) is 0 Å². The summed E-state index contributed by atoms with van der Waals surface area (Å²) in [7, 11) is 0. The van der Waals surface area contributed by atoms with Crippen molar-refractivity contribution in [3.05, 3.63) is 0 Å². The monoisotopic (exact) mass is 204 g/mol. The Morgan fingerprint density at radius 2 is 2.07 bits per heavy atom. The smallest absolute Gasteiger partial charge is 0.220 e. The lowest BCUT2D eigenvalue weighted by atomic mass is 10.2. The molecule has 84 valence electrons. The maximum Gasteiger partial charge on any atom is 0.220 e. The highest BCUT2D eigenvalue weighted by Gasteiger charge is 2.04. The highest BCUT2D eigenvalue weighted by atomic mass is 16.3. The van der Waals surface area contributed by atoms with Gasteiger partial charge in [0.15, 0.2) is 0 Å². The van der Waals surface area contributed by atoms with Gasteiger partial charge in [0, 0.05) is 13.0 Å². The number of hydrogen-bond donors (Lipinski definition) is 4. The number of hydrogen-bond acceptors (Lipinski definition) is 4. The number of unbranched alkanes of at least 4 members (excludes halogenated alkanes) is 2. The zero-order valence-corrected chi connectivity index (χ0v) is 8.41. The molecule has 0 aromatic heterocycles. The van der Waals surface area contributed by atoms with E-state index in [9.17, 15) is 4.79 Å². The van der Waals surface area contributed by atoms with Crippen LogP contribution < -0.4 is 11.1 Å². The van der Waals surface area contributed by atoms with Crippen LogP contribution in [-0.4, -0.2) is 41.9 Å². The van der Waals surface area contributed by atoms with E-state index in [2.05, 4.69) is 5.32 Å². The molecule has 0 aliphatic rings. The molecule has 0 saturated carbocycles. The van der Waals surface area contributed by atoms with Crippen molar-refractivity contribution in [1.29, 1.82) is 0 Å². The molecule has 5 heteroatoms. The molecule has 0 fully saturated rings. The molecule has 14 heavy (non-hydrogen) atoms. The average Bonchev–Trinajstić information content (AvgIpc) is 2.21. The van der Waals surface area contributed by atoms with E-state index in [0.29, 0.717) is 13.0 Å². The first-order chi connectivity index (χ1) is 6.70. The van der Waals surface area contributed by atoms with Crippen LogP contribution in [0.5, 0.6) is 0 Å². The summed E-state index contributed by atoms with van der Waals surface area (Å²) < 4.78 is 0. The molecular weight excluding hydrogens is 184 g/mol. The molecule has 0 radical (unpaired) electrons. The van der Waals surface area contributed by atoms with Crippen molar-refractivity contribution in [2.75, 3.05) is 19.7 Å². The molecule has 0 aliphatic heterocycles. The molecule has 0 saturated heterocycles. The standard InChI is InChI=1S/C9H20N2O3/c10-5-3-1-2-4-9(14)11-6-8(13)7-12/h8,12-13H,1-7,10H2,(H,11,14). The topological polar surface area (TPSA) is 95.6 Å². The van der Waals surface area contributed by atoms with Gasteiger partial charge in [0.1, 0.15) is 0 Å². The molecular formula is C9H20N2O3. The van der Waals surface area contributed by atoms with Crippen LogP contribution in [0.1, 0.15) is 25.7 Å². The maximum atomic E-state index is 11.1. The van der Waals surface area contributed by atoms with Gasteiger partial charge >= 0.3 is 0 Å². The normalized spacial score (nSPS) is 12.5. The lowest BCUT2D eigenvalue weighted by Gasteiger charge is -2.08. The summed E-state index contributed by atoms with van der Waals surface area (Å²) in [5.41, 5.74) is 5.30. The summed E-state index contributed by atoms with van der Waals surface area (Å²) >= 11 is 0. The predicted molar refractivity (Wildman–Crippen MR) is 53.6 cm³/mol. The van der Waals surface area contributed by atoms with Gasteiger partial charge in [0.2, 0.25) is 5.91 Å². The minimum Gasteiger partial charge on any atom is -0.394 e. The number of nitrogens with two attached hydrogens (primary N) is 1. The molecule has 1 unspecified atom stereocenters. The summed E-state index contributed by atoms with van der Waals surface area (Å²) in [5, 5.41) is 19.9. The van der Waals surface area contributed by atoms with Gasteiger partial charge in [-0.15, -0.1) is 0 Å². The number of aliphatic hydroxyl groups is 2. The largest absolute Gasteiger partial charge is 0.394 e. The van der Waals surface area contributed by atoms with E-state index in [0.717, 1.165) is 19.3 Å². The molecule has 0 spiro atoms. The zero-order chi connectivity index (χ0) is 10.8. The van der Waals surface area contributed by atoms with Crippen molar-refractivity contribution in [3.63, 3.8) is 0 Å². The van der Waals surface area contributed by atoms with E-state index in [1.807, 2.05) is 0 Å². The summed E-state index contributed by atoms with van der Waals surface area (Å²) in [4.78, 5) is 11.1. The molecule has 0 rings (SSSR count). The van der Waals surface area contributed by atoms with Gasteiger partial charge in [-0.2, -0.15) is 0 Å². The summed E-state index contributed by atoms with van der Waals surface area (Å²) in [6.07, 6.45) is 2.30. The number of carbonyl (C=O) groups excluding carboxylic acids is 1. The molecule has 0 aromatic carbocycles. The second-order valence-electron chi connectivity index (χ2n) is 3.24. The number of carbonyl (C=O) groups is 1. The summed E-state index contributed by atoms with van der Waals surface area (Å²) in [6.45, 7) is 0.449. The summed E-state index contributed by atoms with van der Waals surface area (Å²) in [6, 6.07) is 0. The Morgan fingerprint density at radius 3 is 2.64 bits per heavy atom. The van der Waals surface area contributed by atoms with Gasteiger partial charge in [0.25, 0.3) is 0 Å². The average molecular weight is 204 g/mol. The Morgan fingerprint density at radius 1 is 1.36 bits per heavy atom. The fourth-order valence-corrected chi connectivity index (χ4v) is 0.991. The van der Waals surface area contributed by atoms with Gasteiger partial charge in [-0.25, -0.2) is 0 Å². The first-order valence-electron chi connectivity index (χ1n) is 4.96. The quantitative estimate of drug-likeness (QED) is 0.380. The maximum absolute atomic E-state index is 11.1. The number of aliphatic hydroxyl groups excluding tert-OH is 2. The van der Waals surface area contributed by atoms with E-state index < -0.39 is 6.10 Å². The third-order valence-electron chi connectivity index (χ3n) is 1.85. The third kappa shape index (κ3) is 7.97. The third-order valence-corrected chi connectivity index (χ3v) is 1.85. The first kappa shape index (κ1) is 13.4. The SMILES string of the molecule is NCCCCCC(=O)NCC(O)CO. The second-order valence-corrected chi connectivity index (χ2v) is 3.24. The molecule has 5 nitrogen and oxygen atoms in total. The molecule has 0 aliphatic carbocycles. The Hall–Kier alpha value is -0.650. The Balaban J connectivity index is 3.28. The lowest BCUT2D eigenvalue weighted by Crippen LogP contribution is -2.33. The van der Waals surface area contributed by atoms with Gasteiger partial charge < -0.3 is 21.3 Å². The minimum absolute atomic E-state index is 0.0884. The van der Waals surface area contributed by atoms with E-state index >= 15 is 0 Å². The second kappa shape index (κ2) is 8.93. The van der Waals surface area contributed by atoms with E-state index in [4.69, 9.17) is 15.9 Å². The Bertz CT molecular complexity index is 153. The van der Waals surface area contributed by atoms with Crippen LogP contribution in [0.15, 0.2) is 0 Å². The fraction of sp³-hybridized carbons (Fsp3) is 0.889. The lowest BCUT2D eigenvalue weighted by molar-refractivity contribution is -0.121. The van der Waals surface area contributed by atoms with Crippen LogP contribution in [0.2, 0.25) is 0 Å². The van der Waals surface area contributed by atoms with Gasteiger partial charge in [0.05, 0.1) is 12.7 Å². The molecule has 1 atom stereocenters. The van der Waals surface area contributed by atoms with Crippen molar-refractivity contribution in [2.24, 2.45) is 5.73 Å². The van der Waals surface area contributed by atoms with Crippen molar-refractivity contribution in [1.82, 2.24) is 5.32 Å². The van der Waals surface area contributed by atoms with Gasteiger partial charge in [-0.1, -0.05) is 6.42 Å². The summed E-state index contributed by atoms with van der Waals surface area (Å²) in [5.74, 6) is -0.0884. The van der Waals surface area contributed by atoms with Crippen LogP contribution in [0.4, 0.5) is 0 Å². The Labute approximate surface area is 84.3 Å². The predicted octanol–water partition coefficient (Wildman–Crippen LogP) is -1.03. The number of amides is 1. The highest BCUT2D eigenvalue weighted by molar-refractivity contribution is 5.75. The van der Waals surface area contributed by atoms with E-state index in [-0.39, 0.29) is 19.1 Å². The van der Waals surface area contributed by atoms with Crippen LogP contribution in [0, 0.1) is 0 Å². The number of rotatable bonds is 8. The van der Waals surface area contributed by atoms with E-state index in [1.165, 1.54) is 0 Å². The highest BCUT2D eigenvalue weighted by Crippen LogP contribution is 1.97. The molecule has 1 amide bonds. The molecule has 5 N–H and O–H groups in total. The molecule has 0 bridgehead atoms. The van der Waals surface area contributed by atoms with Crippen LogP contribution in [0.25, 0.3) is 0 Å². The molecule has 0 aromatic rings. The van der Waals surface area contributed by atoms with Crippen LogP contribution in [-0.2, 0) is 4.79 Å². The van der Waals surface area contributed by atoms with Gasteiger partial charge in [-0.05, 0) is 19.4 Å². The zero-order valence-electron chi connectivity index (χ0n) is 8.41. The first-order valence-corrected chi connectivity index (χ1v) is 4.96. The molecule has 0 heterocycles. The van der Waals surface area contributed by atoms with Gasteiger partial charge in [-0.3, -0.25) is 4.79 Å². The Kier molecular flexibility index (Phi) is 8.51.